The molecule has 35 heavy (non-hydrogen) atoms. The van der Waals surface area contributed by atoms with Crippen LogP contribution in [0.2, 0.25) is 0 Å². The molecule has 2 atom stereocenters. The van der Waals surface area contributed by atoms with Crippen molar-refractivity contribution in [2.75, 3.05) is 19.7 Å². The maximum Gasteiger partial charge on any atom is 0.268 e. The van der Waals surface area contributed by atoms with Crippen LogP contribution in [0.1, 0.15) is 37.2 Å². The Kier molecular flexibility index (Phi) is 9.34. The number of fused-ring (bicyclic) bond motifs is 1. The summed E-state index contributed by atoms with van der Waals surface area (Å²) >= 11 is 0. The summed E-state index contributed by atoms with van der Waals surface area (Å²) in [5.74, 6) is -6.92. The molecule has 0 spiro atoms. The van der Waals surface area contributed by atoms with Gasteiger partial charge in [0.2, 0.25) is 17.7 Å². The molecule has 13 heteroatoms. The number of nitrogens with one attached hydrogen (secondary N) is 4. The number of benzene rings is 1. The third kappa shape index (κ3) is 8.67. The quantitative estimate of drug-likeness (QED) is 0.347. The van der Waals surface area contributed by atoms with Crippen LogP contribution in [0.3, 0.4) is 0 Å². The van der Waals surface area contributed by atoms with Crippen LogP contribution in [0.15, 0.2) is 18.2 Å². The van der Waals surface area contributed by atoms with Crippen molar-refractivity contribution in [2.24, 2.45) is 5.92 Å². The summed E-state index contributed by atoms with van der Waals surface area (Å²) in [6, 6.07) is 1.91. The van der Waals surface area contributed by atoms with E-state index in [0.29, 0.717) is 19.0 Å². The number of aromatic amines is 1. The summed E-state index contributed by atoms with van der Waals surface area (Å²) in [6.45, 7) is 0.877. The van der Waals surface area contributed by atoms with E-state index in [2.05, 4.69) is 20.9 Å². The molecule has 0 radical (unpaired) electrons. The molecule has 1 aromatic heterocycles. The van der Waals surface area contributed by atoms with Crippen molar-refractivity contribution in [3.63, 3.8) is 0 Å². The van der Waals surface area contributed by atoms with Crippen molar-refractivity contribution >= 4 is 34.4 Å². The highest BCUT2D eigenvalue weighted by Crippen LogP contribution is 2.20. The first-order valence-corrected chi connectivity index (χ1v) is 10.6. The van der Waals surface area contributed by atoms with Crippen LogP contribution >= 0.6 is 0 Å². The van der Waals surface area contributed by atoms with E-state index in [1.165, 1.54) is 6.07 Å². The van der Waals surface area contributed by atoms with Crippen LogP contribution in [0, 0.1) is 17.6 Å². The predicted molar refractivity (Wildman–Crippen MR) is 117 cm³/mol. The molecule has 1 fully saturated rings. The highest BCUT2D eigenvalue weighted by Gasteiger charge is 2.31. The Balaban J connectivity index is 0.000000784. The number of hydrogen-bond acceptors (Lipinski definition) is 5. The van der Waals surface area contributed by atoms with Gasteiger partial charge in [-0.1, -0.05) is 0 Å². The van der Waals surface area contributed by atoms with E-state index in [-0.39, 0.29) is 28.9 Å². The Morgan fingerprint density at radius 1 is 1.20 bits per heavy atom. The fraction of sp³-hybridized carbons (Fsp3) is 0.455. The van der Waals surface area contributed by atoms with Gasteiger partial charge in [0.1, 0.15) is 23.9 Å². The third-order valence-corrected chi connectivity index (χ3v) is 4.86. The smallest absolute Gasteiger partial charge is 0.268 e. The number of aliphatic hydroxyl groups is 1. The van der Waals surface area contributed by atoms with E-state index in [1.807, 2.05) is 0 Å². The number of hydrogen-bond donors (Lipinski definition) is 5. The number of aliphatic hydroxyl groups excluding tert-OH is 1. The lowest BCUT2D eigenvalue weighted by atomic mass is 9.96. The van der Waals surface area contributed by atoms with Crippen LogP contribution in [0.25, 0.3) is 10.9 Å². The predicted octanol–water partition coefficient (Wildman–Crippen LogP) is 1.41. The van der Waals surface area contributed by atoms with Crippen molar-refractivity contribution in [3.8, 4) is 0 Å². The molecule has 0 aliphatic carbocycles. The van der Waals surface area contributed by atoms with E-state index in [9.17, 15) is 36.7 Å². The zero-order chi connectivity index (χ0) is 26.3. The maximum absolute atomic E-state index is 13.7. The van der Waals surface area contributed by atoms with E-state index < -0.39 is 60.3 Å². The number of rotatable bonds is 8. The normalized spacial score (nSPS) is 16.2. The van der Waals surface area contributed by atoms with Gasteiger partial charge in [-0.2, -0.15) is 0 Å². The number of carbonyl (C=O) groups is 4. The second kappa shape index (κ2) is 11.8. The fourth-order valence-corrected chi connectivity index (χ4v) is 3.32. The monoisotopic (exact) mass is 502 g/mol. The Hall–Kier alpha value is -3.48. The number of carbonyl (C=O) groups excluding carboxylic acids is 4. The highest BCUT2D eigenvalue weighted by molar-refractivity contribution is 6.00. The van der Waals surface area contributed by atoms with Gasteiger partial charge in [0.05, 0.1) is 18.1 Å². The van der Waals surface area contributed by atoms with Gasteiger partial charge in [0.25, 0.3) is 5.91 Å². The summed E-state index contributed by atoms with van der Waals surface area (Å²) in [6.07, 6.45) is 0.552. The van der Waals surface area contributed by atoms with E-state index in [0.717, 1.165) is 19.9 Å². The summed E-state index contributed by atoms with van der Waals surface area (Å²) in [4.78, 5) is 50.5. The molecule has 1 aliphatic heterocycles. The van der Waals surface area contributed by atoms with Crippen LogP contribution in [0.5, 0.6) is 0 Å². The molecule has 0 bridgehead atoms. The number of amides is 3. The molecule has 9 nitrogen and oxygen atoms in total. The van der Waals surface area contributed by atoms with Crippen molar-refractivity contribution < 1.29 is 41.8 Å². The fourth-order valence-electron chi connectivity index (χ4n) is 3.32. The highest BCUT2D eigenvalue weighted by atomic mass is 19.3. The molecule has 1 aliphatic rings. The lowest BCUT2D eigenvalue weighted by Crippen LogP contribution is -2.47. The second-order valence-corrected chi connectivity index (χ2v) is 8.30. The zero-order valence-electron chi connectivity index (χ0n) is 19.0. The number of H-pyrrole nitrogens is 1. The lowest BCUT2D eigenvalue weighted by molar-refractivity contribution is -0.130. The molecule has 1 aromatic carbocycles. The van der Waals surface area contributed by atoms with Gasteiger partial charge in [-0.3, -0.25) is 19.2 Å². The first-order valence-electron chi connectivity index (χ1n) is 10.6. The first-order chi connectivity index (χ1) is 16.3. The molecule has 3 rings (SSSR count). The number of aromatic nitrogens is 1. The molecule has 0 unspecified atom stereocenters. The van der Waals surface area contributed by atoms with Crippen molar-refractivity contribution in [1.29, 1.82) is 0 Å². The summed E-state index contributed by atoms with van der Waals surface area (Å²) in [5.41, 5.74) is -0.123. The Morgan fingerprint density at radius 2 is 1.86 bits per heavy atom. The molecule has 2 aromatic rings. The van der Waals surface area contributed by atoms with Gasteiger partial charge in [0.15, 0.2) is 5.78 Å². The molecule has 5 N–H and O–H groups in total. The van der Waals surface area contributed by atoms with Crippen LogP contribution < -0.4 is 16.0 Å². The van der Waals surface area contributed by atoms with Crippen molar-refractivity contribution in [1.82, 2.24) is 20.9 Å². The minimum absolute atomic E-state index is 0.0395. The summed E-state index contributed by atoms with van der Waals surface area (Å²) in [7, 11) is 0. The van der Waals surface area contributed by atoms with Gasteiger partial charge in [-0.15, -0.1) is 0 Å². The number of Topliss-reactive ketones (excluding diaryl/α,β-unsaturated/α-hetero) is 1. The molecular formula is C22H26F4N4O5. The standard InChI is InChI=1S/C19H20F2N4O5.C3H6F2/c20-11-3-10-5-14(25-17(10)12(21)6-11)19(30)23-7-16(28)24-13(15(27)8-26)4-9-1-2-22-18(9)29;1-3(2,4)5/h3,5-6,9,13,25-26H,1-2,4,7-8H2,(H,22,29)(H,23,30)(H,24,28);1-2H3/t9-,13-;/m0./s1. The molecule has 2 heterocycles. The van der Waals surface area contributed by atoms with Crippen LogP contribution in [-0.2, 0) is 14.4 Å². The van der Waals surface area contributed by atoms with E-state index in [1.54, 1.807) is 0 Å². The molecule has 3 amide bonds. The van der Waals surface area contributed by atoms with Gasteiger partial charge >= 0.3 is 0 Å². The van der Waals surface area contributed by atoms with Crippen LogP contribution in [-0.4, -0.2) is 65.3 Å². The summed E-state index contributed by atoms with van der Waals surface area (Å²) < 4.78 is 49.0. The molecule has 0 saturated carbocycles. The first kappa shape index (κ1) is 27.8. The average Bonchev–Trinajstić information content (AvgIpc) is 3.36. The van der Waals surface area contributed by atoms with E-state index in [4.69, 9.17) is 5.11 Å². The van der Waals surface area contributed by atoms with Gasteiger partial charge in [0, 0.05) is 23.9 Å². The maximum atomic E-state index is 13.7. The van der Waals surface area contributed by atoms with Crippen molar-refractivity contribution in [2.45, 2.75) is 38.7 Å². The lowest BCUT2D eigenvalue weighted by Gasteiger charge is -2.19. The minimum Gasteiger partial charge on any atom is -0.389 e. The number of alkyl halides is 2. The third-order valence-electron chi connectivity index (χ3n) is 4.86. The number of halogens is 4. The molecule has 1 saturated heterocycles. The Labute approximate surface area is 197 Å². The molecular weight excluding hydrogens is 476 g/mol. The second-order valence-electron chi connectivity index (χ2n) is 8.30. The van der Waals surface area contributed by atoms with Crippen LogP contribution in [0.4, 0.5) is 17.6 Å². The van der Waals surface area contributed by atoms with Gasteiger partial charge < -0.3 is 26.0 Å². The number of ketones is 1. The Morgan fingerprint density at radius 3 is 2.43 bits per heavy atom. The zero-order valence-corrected chi connectivity index (χ0v) is 19.0. The SMILES string of the molecule is CC(C)(F)F.O=C(CNC(=O)c1cc2cc(F)cc(F)c2[nH]1)N[C@@H](C[C@@H]1CCNC1=O)C(=O)CO. The van der Waals surface area contributed by atoms with Crippen molar-refractivity contribution in [3.05, 3.63) is 35.5 Å². The summed E-state index contributed by atoms with van der Waals surface area (Å²) in [5, 5.41) is 16.6. The van der Waals surface area contributed by atoms with Gasteiger partial charge in [-0.25, -0.2) is 17.6 Å². The van der Waals surface area contributed by atoms with Gasteiger partial charge in [-0.05, 0) is 38.8 Å². The Bertz CT molecular complexity index is 1090. The van der Waals surface area contributed by atoms with E-state index >= 15 is 0 Å². The minimum atomic E-state index is -2.50. The topological polar surface area (TPSA) is 140 Å². The largest absolute Gasteiger partial charge is 0.389 e. The average molecular weight is 502 g/mol. The molecule has 192 valence electrons.